The largest absolute Gasteiger partial charge is 0.393 e. The Morgan fingerprint density at radius 1 is 1.08 bits per heavy atom. The van der Waals surface area contributed by atoms with Crippen LogP contribution in [0.15, 0.2) is 5.16 Å². The normalized spacial score (nSPS) is 17.3. The van der Waals surface area contributed by atoms with Gasteiger partial charge in [-0.15, -0.1) is 0 Å². The molecule has 0 fully saturated rings. The van der Waals surface area contributed by atoms with Crippen molar-refractivity contribution in [2.24, 2.45) is 5.16 Å². The van der Waals surface area contributed by atoms with Crippen molar-refractivity contribution in [3.63, 3.8) is 0 Å². The van der Waals surface area contributed by atoms with E-state index >= 15 is 0 Å². The highest BCUT2D eigenvalue weighted by molar-refractivity contribution is 5.56. The molecule has 1 unspecified atom stereocenters. The highest BCUT2D eigenvalue weighted by atomic mass is 16.6. The zero-order valence-electron chi connectivity index (χ0n) is 10.4. The van der Waals surface area contributed by atoms with Gasteiger partial charge < -0.3 is 4.84 Å². The van der Waals surface area contributed by atoms with Crippen LogP contribution in [0.2, 0.25) is 0 Å². The van der Waals surface area contributed by atoms with Crippen LogP contribution in [0.1, 0.15) is 61.3 Å². The summed E-state index contributed by atoms with van der Waals surface area (Å²) in [4.78, 5) is 4.85. The van der Waals surface area contributed by atoms with Crippen LogP contribution in [-0.2, 0) is 4.84 Å². The molecule has 0 spiro atoms. The van der Waals surface area contributed by atoms with E-state index in [1.54, 1.807) is 6.21 Å². The summed E-state index contributed by atoms with van der Waals surface area (Å²) in [6.07, 6.45) is 4.33. The molecular formula is C11H27NO. The van der Waals surface area contributed by atoms with Gasteiger partial charge in [0.15, 0.2) is 0 Å². The third-order valence-corrected chi connectivity index (χ3v) is 1.02. The van der Waals surface area contributed by atoms with Crippen molar-refractivity contribution in [3.8, 4) is 0 Å². The van der Waals surface area contributed by atoms with Gasteiger partial charge in [-0.05, 0) is 19.8 Å². The van der Waals surface area contributed by atoms with Gasteiger partial charge in [0.1, 0.15) is 6.10 Å². The van der Waals surface area contributed by atoms with Crippen LogP contribution in [-0.4, -0.2) is 12.3 Å². The Hall–Kier alpha value is -0.530. The average molecular weight is 189 g/mol. The Labute approximate surface area is 84.4 Å². The molecule has 2 heteroatoms. The molecule has 1 heterocycles. The van der Waals surface area contributed by atoms with Gasteiger partial charge in [0.25, 0.3) is 0 Å². The van der Waals surface area contributed by atoms with E-state index in [2.05, 4.69) is 5.16 Å². The van der Waals surface area contributed by atoms with E-state index in [1.165, 1.54) is 0 Å². The van der Waals surface area contributed by atoms with E-state index < -0.39 is 0 Å². The lowest BCUT2D eigenvalue weighted by atomic mass is 10.2. The number of nitrogens with zero attached hydrogens (tertiary/aromatic N) is 1. The van der Waals surface area contributed by atoms with Gasteiger partial charge >= 0.3 is 0 Å². The summed E-state index contributed by atoms with van der Waals surface area (Å²) in [7, 11) is 0. The Morgan fingerprint density at radius 2 is 1.54 bits per heavy atom. The molecule has 0 saturated carbocycles. The van der Waals surface area contributed by atoms with Crippen molar-refractivity contribution < 1.29 is 4.84 Å². The standard InChI is InChI=1S/C5H9NO.3C2H6/c1-5-3-2-4-6-7-5;3*1-2/h4-5H,2-3H2,1H3;3*1-2H3. The molecule has 1 aliphatic rings. The second-order valence-corrected chi connectivity index (χ2v) is 1.78. The summed E-state index contributed by atoms with van der Waals surface area (Å²) in [6, 6.07) is 0. The van der Waals surface area contributed by atoms with E-state index in [4.69, 9.17) is 4.84 Å². The van der Waals surface area contributed by atoms with Gasteiger partial charge in [0.2, 0.25) is 0 Å². The minimum atomic E-state index is 0.338. The Morgan fingerprint density at radius 3 is 1.69 bits per heavy atom. The van der Waals surface area contributed by atoms with Crippen LogP contribution in [0, 0.1) is 0 Å². The van der Waals surface area contributed by atoms with Gasteiger partial charge in [0.05, 0.1) is 0 Å². The molecule has 2 nitrogen and oxygen atoms in total. The van der Waals surface area contributed by atoms with Gasteiger partial charge in [-0.25, -0.2) is 0 Å². The molecule has 0 bridgehead atoms. The maximum Gasteiger partial charge on any atom is 0.125 e. The molecule has 0 N–H and O–H groups in total. The highest BCUT2D eigenvalue weighted by Crippen LogP contribution is 2.04. The predicted molar refractivity (Wildman–Crippen MR) is 62.3 cm³/mol. The Kier molecular flexibility index (Phi) is 31.7. The second-order valence-electron chi connectivity index (χ2n) is 1.78. The van der Waals surface area contributed by atoms with E-state index in [1.807, 2.05) is 48.5 Å². The van der Waals surface area contributed by atoms with E-state index in [0.29, 0.717) is 6.10 Å². The molecule has 1 atom stereocenters. The molecule has 0 aromatic carbocycles. The maximum atomic E-state index is 4.85. The van der Waals surface area contributed by atoms with Crippen LogP contribution in [0.5, 0.6) is 0 Å². The lowest BCUT2D eigenvalue weighted by molar-refractivity contribution is 0.0593. The first kappa shape index (κ1) is 18.3. The molecule has 82 valence electrons. The molecular weight excluding hydrogens is 162 g/mol. The predicted octanol–water partition coefficient (Wildman–Crippen LogP) is 4.25. The minimum Gasteiger partial charge on any atom is -0.393 e. The third kappa shape index (κ3) is 18.4. The first-order valence-corrected chi connectivity index (χ1v) is 5.57. The topological polar surface area (TPSA) is 21.6 Å². The maximum absolute atomic E-state index is 4.85. The van der Waals surface area contributed by atoms with Crippen molar-refractivity contribution >= 4 is 6.21 Å². The number of hydrogen-bond donors (Lipinski definition) is 0. The fourth-order valence-corrected chi connectivity index (χ4v) is 0.562. The summed E-state index contributed by atoms with van der Waals surface area (Å²) in [5, 5.41) is 3.63. The molecule has 1 aliphatic heterocycles. The van der Waals surface area contributed by atoms with Gasteiger partial charge in [-0.1, -0.05) is 46.7 Å². The SMILES string of the molecule is CC.CC.CC.CC1CCC=NO1. The average Bonchev–Trinajstić information content (AvgIpc) is 2.28. The summed E-state index contributed by atoms with van der Waals surface area (Å²) >= 11 is 0. The molecule has 1 rings (SSSR count). The van der Waals surface area contributed by atoms with Gasteiger partial charge in [0, 0.05) is 6.21 Å². The molecule has 0 saturated heterocycles. The minimum absolute atomic E-state index is 0.338. The van der Waals surface area contributed by atoms with Gasteiger partial charge in [-0.2, -0.15) is 0 Å². The van der Waals surface area contributed by atoms with Crippen LogP contribution in [0.3, 0.4) is 0 Å². The summed E-state index contributed by atoms with van der Waals surface area (Å²) in [6.45, 7) is 14.0. The van der Waals surface area contributed by atoms with Crippen LogP contribution >= 0.6 is 0 Å². The quantitative estimate of drug-likeness (QED) is 0.558. The first-order valence-electron chi connectivity index (χ1n) is 5.57. The summed E-state index contributed by atoms with van der Waals surface area (Å²) in [5.74, 6) is 0. The van der Waals surface area contributed by atoms with E-state index in [9.17, 15) is 0 Å². The van der Waals surface area contributed by atoms with E-state index in [-0.39, 0.29) is 0 Å². The number of hydrogen-bond acceptors (Lipinski definition) is 2. The second kappa shape index (κ2) is 22.5. The molecule has 0 aromatic rings. The highest BCUT2D eigenvalue weighted by Gasteiger charge is 2.02. The van der Waals surface area contributed by atoms with Crippen molar-refractivity contribution in [1.82, 2.24) is 0 Å². The smallest absolute Gasteiger partial charge is 0.125 e. The third-order valence-electron chi connectivity index (χ3n) is 1.02. The fourth-order valence-electron chi connectivity index (χ4n) is 0.562. The van der Waals surface area contributed by atoms with Crippen LogP contribution in [0.4, 0.5) is 0 Å². The van der Waals surface area contributed by atoms with Crippen LogP contribution < -0.4 is 0 Å². The fraction of sp³-hybridized carbons (Fsp3) is 0.909. The first-order chi connectivity index (χ1) is 6.39. The van der Waals surface area contributed by atoms with Crippen molar-refractivity contribution in [2.75, 3.05) is 0 Å². The molecule has 0 radical (unpaired) electrons. The monoisotopic (exact) mass is 189 g/mol. The lowest BCUT2D eigenvalue weighted by Gasteiger charge is -2.10. The summed E-state index contributed by atoms with van der Waals surface area (Å²) < 4.78 is 0. The Bertz CT molecular complexity index is 82.2. The van der Waals surface area contributed by atoms with Crippen molar-refractivity contribution in [3.05, 3.63) is 0 Å². The molecule has 0 aromatic heterocycles. The zero-order chi connectivity index (χ0) is 11.1. The van der Waals surface area contributed by atoms with Gasteiger partial charge in [-0.3, -0.25) is 0 Å². The molecule has 0 aliphatic carbocycles. The zero-order valence-corrected chi connectivity index (χ0v) is 10.4. The Balaban J connectivity index is -0.000000144. The van der Waals surface area contributed by atoms with Crippen LogP contribution in [0.25, 0.3) is 0 Å². The molecule has 13 heavy (non-hydrogen) atoms. The molecule has 0 amide bonds. The van der Waals surface area contributed by atoms with E-state index in [0.717, 1.165) is 12.8 Å². The summed E-state index contributed by atoms with van der Waals surface area (Å²) in [5.41, 5.74) is 0. The number of oxime groups is 1. The number of rotatable bonds is 0. The van der Waals surface area contributed by atoms with Crippen molar-refractivity contribution in [2.45, 2.75) is 67.4 Å². The van der Waals surface area contributed by atoms with Crippen molar-refractivity contribution in [1.29, 1.82) is 0 Å². The lowest BCUT2D eigenvalue weighted by Crippen LogP contribution is -2.08.